The molecule has 0 bridgehead atoms. The Morgan fingerprint density at radius 2 is 2.17 bits per heavy atom. The minimum Gasteiger partial charge on any atom is -0.481 e. The van der Waals surface area contributed by atoms with Crippen LogP contribution < -0.4 is 5.32 Å². The molecule has 0 aliphatic carbocycles. The molecule has 2 N–H and O–H groups in total. The molecule has 0 aromatic heterocycles. The van der Waals surface area contributed by atoms with Gasteiger partial charge in [0, 0.05) is 12.2 Å². The van der Waals surface area contributed by atoms with Crippen LogP contribution >= 0.6 is 0 Å². The molecule has 0 aliphatic rings. The molecule has 5 nitrogen and oxygen atoms in total. The Hall–Kier alpha value is -2.04. The summed E-state index contributed by atoms with van der Waals surface area (Å²) in [5.41, 5.74) is 1.14. The van der Waals surface area contributed by atoms with E-state index in [1.165, 1.54) is 7.11 Å². The van der Waals surface area contributed by atoms with Crippen molar-refractivity contribution in [1.29, 1.82) is 0 Å². The van der Waals surface area contributed by atoms with Crippen LogP contribution in [0, 0.1) is 5.92 Å². The summed E-state index contributed by atoms with van der Waals surface area (Å²) in [7, 11) is 1.32. The van der Waals surface area contributed by atoms with Crippen LogP contribution in [0.2, 0.25) is 0 Å². The maximum absolute atomic E-state index is 11.3. The highest BCUT2D eigenvalue weighted by molar-refractivity contribution is 5.90. The number of benzene rings is 1. The van der Waals surface area contributed by atoms with Gasteiger partial charge < -0.3 is 15.2 Å². The van der Waals surface area contributed by atoms with Gasteiger partial charge in [0.1, 0.15) is 0 Å². The molecule has 1 aromatic carbocycles. The van der Waals surface area contributed by atoms with Gasteiger partial charge in [0.25, 0.3) is 0 Å². The summed E-state index contributed by atoms with van der Waals surface area (Å²) in [6.45, 7) is 2.15. The number of esters is 1. The average Bonchev–Trinajstić information content (AvgIpc) is 2.38. The molecule has 0 radical (unpaired) electrons. The Labute approximate surface area is 106 Å². The molecular weight excluding hydrogens is 234 g/mol. The number of hydrogen-bond donors (Lipinski definition) is 2. The number of carbonyl (C=O) groups excluding carboxylic acids is 1. The maximum Gasteiger partial charge on any atom is 0.337 e. The molecule has 1 aromatic rings. The maximum atomic E-state index is 11.3. The Kier molecular flexibility index (Phi) is 5.17. The van der Waals surface area contributed by atoms with Gasteiger partial charge in [0.15, 0.2) is 0 Å². The average molecular weight is 251 g/mol. The molecule has 0 heterocycles. The first-order valence-corrected chi connectivity index (χ1v) is 5.73. The fraction of sp³-hybridized carbons (Fsp3) is 0.385. The van der Waals surface area contributed by atoms with Gasteiger partial charge in [-0.15, -0.1) is 0 Å². The third-order valence-electron chi connectivity index (χ3n) is 2.68. The summed E-state index contributed by atoms with van der Waals surface area (Å²) in [6.07, 6.45) is 0.555. The molecule has 1 rings (SSSR count). The second-order valence-electron chi connectivity index (χ2n) is 3.90. The molecule has 0 fully saturated rings. The van der Waals surface area contributed by atoms with Crippen LogP contribution in [-0.2, 0) is 9.53 Å². The lowest BCUT2D eigenvalue weighted by molar-refractivity contribution is -0.141. The number of methoxy groups -OCH3 is 1. The van der Waals surface area contributed by atoms with E-state index in [2.05, 4.69) is 10.1 Å². The van der Waals surface area contributed by atoms with Crippen molar-refractivity contribution >= 4 is 17.6 Å². The van der Waals surface area contributed by atoms with E-state index >= 15 is 0 Å². The van der Waals surface area contributed by atoms with Crippen molar-refractivity contribution in [3.63, 3.8) is 0 Å². The number of ether oxygens (including phenoxy) is 1. The van der Waals surface area contributed by atoms with Crippen LogP contribution in [0.4, 0.5) is 5.69 Å². The Balaban J connectivity index is 2.68. The van der Waals surface area contributed by atoms with E-state index in [9.17, 15) is 9.59 Å². The van der Waals surface area contributed by atoms with Crippen LogP contribution in [0.25, 0.3) is 0 Å². The molecule has 5 heteroatoms. The molecule has 98 valence electrons. The first kappa shape index (κ1) is 14.0. The first-order chi connectivity index (χ1) is 8.58. The second-order valence-corrected chi connectivity index (χ2v) is 3.90. The highest BCUT2D eigenvalue weighted by Gasteiger charge is 2.14. The molecule has 1 unspecified atom stereocenters. The number of carbonyl (C=O) groups is 2. The van der Waals surface area contributed by atoms with E-state index in [0.717, 1.165) is 0 Å². The Morgan fingerprint density at radius 3 is 2.72 bits per heavy atom. The fourth-order valence-electron chi connectivity index (χ4n) is 1.52. The van der Waals surface area contributed by atoms with Gasteiger partial charge in [-0.25, -0.2) is 4.79 Å². The predicted molar refractivity (Wildman–Crippen MR) is 67.7 cm³/mol. The van der Waals surface area contributed by atoms with Gasteiger partial charge in [-0.05, 0) is 24.6 Å². The molecular formula is C13H17NO4. The summed E-state index contributed by atoms with van der Waals surface area (Å²) in [5.74, 6) is -1.68. The highest BCUT2D eigenvalue weighted by Crippen LogP contribution is 2.13. The molecule has 1 atom stereocenters. The van der Waals surface area contributed by atoms with Gasteiger partial charge in [-0.1, -0.05) is 13.0 Å². The number of aliphatic carboxylic acids is 1. The van der Waals surface area contributed by atoms with Crippen LogP contribution in [0.1, 0.15) is 23.7 Å². The standard InChI is InChI=1S/C13H17NO4/c1-3-9(12(15)16)8-14-11-6-4-5-10(7-11)13(17)18-2/h4-7,9,14H,3,8H2,1-2H3,(H,15,16). The second kappa shape index (κ2) is 6.64. The third-order valence-corrected chi connectivity index (χ3v) is 2.68. The first-order valence-electron chi connectivity index (χ1n) is 5.73. The molecule has 0 saturated heterocycles. The highest BCUT2D eigenvalue weighted by atomic mass is 16.5. The molecule has 0 amide bonds. The van der Waals surface area contributed by atoms with Crippen LogP contribution in [0.3, 0.4) is 0 Å². The fourth-order valence-corrected chi connectivity index (χ4v) is 1.52. The van der Waals surface area contributed by atoms with Gasteiger partial charge in [-0.3, -0.25) is 4.79 Å². The van der Waals surface area contributed by atoms with Gasteiger partial charge >= 0.3 is 11.9 Å². The Morgan fingerprint density at radius 1 is 1.44 bits per heavy atom. The van der Waals surface area contributed by atoms with E-state index < -0.39 is 17.9 Å². The van der Waals surface area contributed by atoms with E-state index in [1.54, 1.807) is 24.3 Å². The molecule has 0 aliphatic heterocycles. The van der Waals surface area contributed by atoms with Gasteiger partial charge in [0.2, 0.25) is 0 Å². The summed E-state index contributed by atoms with van der Waals surface area (Å²) < 4.78 is 4.62. The number of hydrogen-bond acceptors (Lipinski definition) is 4. The lowest BCUT2D eigenvalue weighted by Crippen LogP contribution is -2.22. The van der Waals surface area contributed by atoms with Crippen molar-refractivity contribution < 1.29 is 19.4 Å². The predicted octanol–water partition coefficient (Wildman–Crippen LogP) is 2.00. The van der Waals surface area contributed by atoms with Crippen molar-refractivity contribution in [2.45, 2.75) is 13.3 Å². The minimum absolute atomic E-state index is 0.330. The lowest BCUT2D eigenvalue weighted by Gasteiger charge is -2.12. The summed E-state index contributed by atoms with van der Waals surface area (Å²) >= 11 is 0. The van der Waals surface area contributed by atoms with Crippen molar-refractivity contribution in [2.75, 3.05) is 19.0 Å². The number of rotatable bonds is 6. The number of nitrogens with one attached hydrogen (secondary N) is 1. The Bertz CT molecular complexity index is 431. The van der Waals surface area contributed by atoms with Crippen LogP contribution in [0.15, 0.2) is 24.3 Å². The van der Waals surface area contributed by atoms with Gasteiger partial charge in [-0.2, -0.15) is 0 Å². The zero-order chi connectivity index (χ0) is 13.5. The third kappa shape index (κ3) is 3.76. The lowest BCUT2D eigenvalue weighted by atomic mass is 10.1. The normalized spacial score (nSPS) is 11.7. The zero-order valence-electron chi connectivity index (χ0n) is 10.5. The summed E-state index contributed by atoms with van der Waals surface area (Å²) in [5, 5.41) is 11.9. The SMILES string of the molecule is CCC(CNc1cccc(C(=O)OC)c1)C(=O)O. The van der Waals surface area contributed by atoms with Gasteiger partial charge in [0.05, 0.1) is 18.6 Å². The van der Waals surface area contributed by atoms with E-state index in [0.29, 0.717) is 24.2 Å². The molecule has 18 heavy (non-hydrogen) atoms. The minimum atomic E-state index is -0.825. The number of carboxylic acid groups (broad SMARTS) is 1. The molecule has 0 spiro atoms. The van der Waals surface area contributed by atoms with E-state index in [1.807, 2.05) is 6.92 Å². The number of carboxylic acids is 1. The summed E-state index contributed by atoms with van der Waals surface area (Å²) in [4.78, 5) is 22.2. The monoisotopic (exact) mass is 251 g/mol. The largest absolute Gasteiger partial charge is 0.481 e. The van der Waals surface area contributed by atoms with Crippen molar-refractivity contribution in [1.82, 2.24) is 0 Å². The number of anilines is 1. The quantitative estimate of drug-likeness (QED) is 0.756. The molecule has 0 saturated carbocycles. The van der Waals surface area contributed by atoms with Crippen molar-refractivity contribution in [3.05, 3.63) is 29.8 Å². The van der Waals surface area contributed by atoms with Crippen LogP contribution in [-0.4, -0.2) is 30.7 Å². The van der Waals surface area contributed by atoms with Crippen molar-refractivity contribution in [2.24, 2.45) is 5.92 Å². The van der Waals surface area contributed by atoms with Crippen molar-refractivity contribution in [3.8, 4) is 0 Å². The van der Waals surface area contributed by atoms with Crippen LogP contribution in [0.5, 0.6) is 0 Å². The van der Waals surface area contributed by atoms with E-state index in [-0.39, 0.29) is 0 Å². The van der Waals surface area contributed by atoms with E-state index in [4.69, 9.17) is 5.11 Å². The summed E-state index contributed by atoms with van der Waals surface area (Å²) in [6, 6.07) is 6.78. The zero-order valence-corrected chi connectivity index (χ0v) is 10.5. The topological polar surface area (TPSA) is 75.6 Å². The smallest absolute Gasteiger partial charge is 0.337 e.